The molecule has 0 bridgehead atoms. The van der Waals surface area contributed by atoms with E-state index in [2.05, 4.69) is 28.2 Å². The van der Waals surface area contributed by atoms with Crippen molar-refractivity contribution < 1.29 is 4.90 Å². The Morgan fingerprint density at radius 2 is 2.07 bits per heavy atom. The van der Waals surface area contributed by atoms with Gasteiger partial charge in [0.1, 0.15) is 11.6 Å². The lowest BCUT2D eigenvalue weighted by Crippen LogP contribution is -3.12. The highest BCUT2D eigenvalue weighted by Gasteiger charge is 2.27. The van der Waals surface area contributed by atoms with E-state index in [0.29, 0.717) is 28.4 Å². The highest BCUT2D eigenvalue weighted by atomic mass is 35.5. The fourth-order valence-electron chi connectivity index (χ4n) is 4.07. The van der Waals surface area contributed by atoms with Gasteiger partial charge in [-0.15, -0.1) is 11.3 Å². The standard InChI is InChI=1S/C21H19ClN4OS/c22-14-7-8-15-17(10-14)23-19(25-20(15)27)12-26-9-3-4-13(11-26)21-24-16-5-1-2-6-18(16)28-21/h1-2,5-8,10,13H,3-4,9,11-12H2,(H,23,25,27)/p+1/t13-/m1/s1. The number of likely N-dealkylation sites (tertiary alicyclic amines) is 1. The molecule has 1 saturated heterocycles. The molecule has 0 aliphatic carbocycles. The third-order valence-corrected chi connectivity index (χ3v) is 6.85. The molecule has 1 aliphatic rings. The lowest BCUT2D eigenvalue weighted by Gasteiger charge is -2.28. The average molecular weight is 412 g/mol. The summed E-state index contributed by atoms with van der Waals surface area (Å²) in [5, 5.41) is 2.40. The molecule has 5 nitrogen and oxygen atoms in total. The van der Waals surface area contributed by atoms with Gasteiger partial charge in [0.25, 0.3) is 5.56 Å². The smallest absolute Gasteiger partial charge is 0.258 e. The zero-order valence-electron chi connectivity index (χ0n) is 15.2. The van der Waals surface area contributed by atoms with Crippen LogP contribution in [0.4, 0.5) is 0 Å². The molecule has 2 aromatic carbocycles. The Labute approximate surface area is 171 Å². The number of aromatic nitrogens is 3. The number of quaternary nitrogens is 1. The lowest BCUT2D eigenvalue weighted by atomic mass is 9.99. The Balaban J connectivity index is 1.38. The van der Waals surface area contributed by atoms with Crippen molar-refractivity contribution in [3.8, 4) is 0 Å². The molecular weight excluding hydrogens is 392 g/mol. The third-order valence-electron chi connectivity index (χ3n) is 5.41. The van der Waals surface area contributed by atoms with Gasteiger partial charge in [0, 0.05) is 5.02 Å². The van der Waals surface area contributed by atoms with Crippen LogP contribution >= 0.6 is 22.9 Å². The fourth-order valence-corrected chi connectivity index (χ4v) is 5.34. The molecule has 0 amide bonds. The van der Waals surface area contributed by atoms with Crippen LogP contribution < -0.4 is 10.5 Å². The van der Waals surface area contributed by atoms with Crippen LogP contribution in [-0.4, -0.2) is 28.0 Å². The van der Waals surface area contributed by atoms with Gasteiger partial charge < -0.3 is 9.88 Å². The van der Waals surface area contributed by atoms with Gasteiger partial charge in [-0.25, -0.2) is 9.97 Å². The van der Waals surface area contributed by atoms with Gasteiger partial charge in [-0.05, 0) is 43.2 Å². The maximum absolute atomic E-state index is 12.4. The second kappa shape index (κ2) is 7.28. The van der Waals surface area contributed by atoms with Crippen molar-refractivity contribution in [2.45, 2.75) is 25.3 Å². The van der Waals surface area contributed by atoms with Crippen molar-refractivity contribution in [3.05, 3.63) is 68.7 Å². The van der Waals surface area contributed by atoms with Gasteiger partial charge in [0.05, 0.1) is 40.1 Å². The Hall–Kier alpha value is -2.28. The van der Waals surface area contributed by atoms with Gasteiger partial charge in [-0.2, -0.15) is 0 Å². The number of para-hydroxylation sites is 1. The number of H-pyrrole nitrogens is 1. The number of hydrogen-bond acceptors (Lipinski definition) is 4. The number of halogens is 1. The molecule has 5 rings (SSSR count). The van der Waals surface area contributed by atoms with E-state index in [1.807, 2.05) is 6.07 Å². The molecule has 1 fully saturated rings. The fraction of sp³-hybridized carbons (Fsp3) is 0.286. The van der Waals surface area contributed by atoms with Crippen LogP contribution in [0.3, 0.4) is 0 Å². The van der Waals surface area contributed by atoms with E-state index in [-0.39, 0.29) is 5.56 Å². The lowest BCUT2D eigenvalue weighted by molar-refractivity contribution is -0.920. The van der Waals surface area contributed by atoms with E-state index in [9.17, 15) is 4.79 Å². The summed E-state index contributed by atoms with van der Waals surface area (Å²) in [5.41, 5.74) is 1.65. The summed E-state index contributed by atoms with van der Waals surface area (Å²) in [6.07, 6.45) is 2.32. The van der Waals surface area contributed by atoms with E-state index in [1.54, 1.807) is 29.5 Å². The van der Waals surface area contributed by atoms with Gasteiger partial charge in [-0.3, -0.25) is 4.79 Å². The molecular formula is C21H20ClN4OS+. The van der Waals surface area contributed by atoms with Gasteiger partial charge in [0.15, 0.2) is 5.82 Å². The number of thiazole rings is 1. The summed E-state index contributed by atoms with van der Waals surface area (Å²) in [5.74, 6) is 1.18. The molecule has 0 spiro atoms. The van der Waals surface area contributed by atoms with Gasteiger partial charge in [0.2, 0.25) is 0 Å². The number of rotatable bonds is 3. The van der Waals surface area contributed by atoms with Crippen LogP contribution in [0.2, 0.25) is 5.02 Å². The van der Waals surface area contributed by atoms with E-state index in [1.165, 1.54) is 21.0 Å². The first-order valence-electron chi connectivity index (χ1n) is 9.53. The Bertz CT molecular complexity index is 1180. The number of aromatic amines is 1. The highest BCUT2D eigenvalue weighted by molar-refractivity contribution is 7.18. The third kappa shape index (κ3) is 3.43. The zero-order valence-corrected chi connectivity index (χ0v) is 16.8. The van der Waals surface area contributed by atoms with Crippen LogP contribution in [-0.2, 0) is 6.54 Å². The Morgan fingerprint density at radius 3 is 2.96 bits per heavy atom. The number of benzene rings is 2. The second-order valence-corrected chi connectivity index (χ2v) is 8.91. The predicted molar refractivity (Wildman–Crippen MR) is 113 cm³/mol. The molecule has 4 aromatic rings. The number of fused-ring (bicyclic) bond motifs is 2. The molecule has 1 aliphatic heterocycles. The molecule has 0 radical (unpaired) electrons. The molecule has 3 heterocycles. The molecule has 28 heavy (non-hydrogen) atoms. The molecule has 1 unspecified atom stereocenters. The van der Waals surface area contributed by atoms with Crippen molar-refractivity contribution in [3.63, 3.8) is 0 Å². The number of hydrogen-bond donors (Lipinski definition) is 2. The summed E-state index contributed by atoms with van der Waals surface area (Å²) < 4.78 is 1.25. The molecule has 2 aromatic heterocycles. The highest BCUT2D eigenvalue weighted by Crippen LogP contribution is 2.30. The molecule has 7 heteroatoms. The summed E-state index contributed by atoms with van der Waals surface area (Å²) in [4.78, 5) is 26.3. The van der Waals surface area contributed by atoms with Crippen LogP contribution in [0.1, 0.15) is 29.6 Å². The normalized spacial score (nSPS) is 20.0. The summed E-state index contributed by atoms with van der Waals surface area (Å²) in [6.45, 7) is 2.80. The number of piperidine rings is 1. The Kier molecular flexibility index (Phi) is 4.62. The molecule has 2 N–H and O–H groups in total. The topological polar surface area (TPSA) is 63.1 Å². The maximum atomic E-state index is 12.4. The number of nitrogens with one attached hydrogen (secondary N) is 2. The Morgan fingerprint density at radius 1 is 1.18 bits per heavy atom. The molecule has 2 atom stereocenters. The zero-order chi connectivity index (χ0) is 19.1. The largest absolute Gasteiger partial charge is 0.328 e. The average Bonchev–Trinajstić information content (AvgIpc) is 3.12. The van der Waals surface area contributed by atoms with Gasteiger partial charge in [-0.1, -0.05) is 23.7 Å². The summed E-state index contributed by atoms with van der Waals surface area (Å²) >= 11 is 7.88. The van der Waals surface area contributed by atoms with Crippen LogP contribution in [0.15, 0.2) is 47.3 Å². The van der Waals surface area contributed by atoms with Crippen LogP contribution in [0, 0.1) is 0 Å². The van der Waals surface area contributed by atoms with Gasteiger partial charge >= 0.3 is 0 Å². The van der Waals surface area contributed by atoms with E-state index >= 15 is 0 Å². The SMILES string of the molecule is O=c1[nH]c(C[NH+]2CCC[C@@H](c3nc4ccccc4s3)C2)nc2cc(Cl)ccc12. The van der Waals surface area contributed by atoms with Crippen molar-refractivity contribution in [1.82, 2.24) is 15.0 Å². The first-order chi connectivity index (χ1) is 13.7. The van der Waals surface area contributed by atoms with E-state index in [4.69, 9.17) is 16.6 Å². The summed E-state index contributed by atoms with van der Waals surface area (Å²) in [7, 11) is 0. The van der Waals surface area contributed by atoms with Crippen molar-refractivity contribution in [2.75, 3.05) is 13.1 Å². The minimum atomic E-state index is -0.101. The quantitative estimate of drug-likeness (QED) is 0.544. The maximum Gasteiger partial charge on any atom is 0.258 e. The van der Waals surface area contributed by atoms with E-state index in [0.717, 1.165) is 30.9 Å². The minimum absolute atomic E-state index is 0.101. The van der Waals surface area contributed by atoms with Crippen molar-refractivity contribution in [1.29, 1.82) is 0 Å². The molecule has 142 valence electrons. The van der Waals surface area contributed by atoms with E-state index < -0.39 is 0 Å². The van der Waals surface area contributed by atoms with Crippen molar-refractivity contribution in [2.24, 2.45) is 0 Å². The van der Waals surface area contributed by atoms with Crippen LogP contribution in [0.5, 0.6) is 0 Å². The van der Waals surface area contributed by atoms with Crippen molar-refractivity contribution >= 4 is 44.1 Å². The predicted octanol–water partition coefficient (Wildman–Crippen LogP) is 3.15. The minimum Gasteiger partial charge on any atom is -0.328 e. The number of nitrogens with zero attached hydrogens (tertiary/aromatic N) is 2. The van der Waals surface area contributed by atoms with Crippen LogP contribution in [0.25, 0.3) is 21.1 Å². The first-order valence-corrected chi connectivity index (χ1v) is 10.7. The molecule has 0 saturated carbocycles. The summed E-state index contributed by atoms with van der Waals surface area (Å²) in [6, 6.07) is 13.5. The monoisotopic (exact) mass is 411 g/mol. The second-order valence-electron chi connectivity index (χ2n) is 7.41. The first kappa shape index (κ1) is 17.8.